The van der Waals surface area contributed by atoms with E-state index < -0.39 is 6.09 Å². The summed E-state index contributed by atoms with van der Waals surface area (Å²) in [6, 6.07) is 6.68. The number of carboxylic acid groups (broad SMARTS) is 1. The molecule has 1 aliphatic carbocycles. The first-order valence-electron chi connectivity index (χ1n) is 11.4. The molecule has 3 aromatic heterocycles. The van der Waals surface area contributed by atoms with E-state index in [4.69, 9.17) is 19.6 Å². The van der Waals surface area contributed by atoms with Crippen LogP contribution in [0.5, 0.6) is 0 Å². The van der Waals surface area contributed by atoms with Crippen LogP contribution in [0.2, 0.25) is 0 Å². The Bertz CT molecular complexity index is 1290. The van der Waals surface area contributed by atoms with Gasteiger partial charge in [-0.25, -0.2) is 9.78 Å². The average molecular weight is 480 g/mol. The lowest BCUT2D eigenvalue weighted by atomic mass is 10.0. The second kappa shape index (κ2) is 10.9. The lowest BCUT2D eigenvalue weighted by Crippen LogP contribution is -2.16. The molecule has 0 atom stereocenters. The normalized spacial score (nSPS) is 13.5. The number of primary amides is 1. The maximum absolute atomic E-state index is 8.78. The highest BCUT2D eigenvalue weighted by molar-refractivity contribution is 5.73. The molecule has 35 heavy (non-hydrogen) atoms. The maximum atomic E-state index is 8.78. The summed E-state index contributed by atoms with van der Waals surface area (Å²) in [5.41, 5.74) is 9.67. The van der Waals surface area contributed by atoms with E-state index in [-0.39, 0.29) is 0 Å². The fraction of sp³-hybridized carbons (Fsp3) is 0.391. The highest BCUT2D eigenvalue weighted by Crippen LogP contribution is 2.26. The summed E-state index contributed by atoms with van der Waals surface area (Å²) >= 11 is 0. The van der Waals surface area contributed by atoms with E-state index in [0.717, 1.165) is 28.9 Å². The number of aryl methyl sites for hydroxylation is 1. The van der Waals surface area contributed by atoms with Crippen molar-refractivity contribution in [3.8, 4) is 16.8 Å². The van der Waals surface area contributed by atoms with Crippen LogP contribution in [0, 0.1) is 6.92 Å². The van der Waals surface area contributed by atoms with Gasteiger partial charge in [0.15, 0.2) is 11.2 Å². The number of benzene rings is 1. The summed E-state index contributed by atoms with van der Waals surface area (Å²) in [6.07, 6.45) is 9.19. The quantitative estimate of drug-likeness (QED) is 0.362. The van der Waals surface area contributed by atoms with E-state index in [9.17, 15) is 0 Å². The van der Waals surface area contributed by atoms with Gasteiger partial charge >= 0.3 is 6.09 Å². The molecule has 4 aromatic rings. The fourth-order valence-corrected chi connectivity index (χ4v) is 4.14. The van der Waals surface area contributed by atoms with E-state index in [1.807, 2.05) is 23.1 Å². The third-order valence-corrected chi connectivity index (χ3v) is 5.80. The number of methoxy groups -OCH3 is 1. The van der Waals surface area contributed by atoms with E-state index >= 15 is 0 Å². The molecule has 12 heteroatoms. The van der Waals surface area contributed by atoms with Gasteiger partial charge in [0, 0.05) is 24.9 Å². The minimum atomic E-state index is -1.33. The Morgan fingerprint density at radius 2 is 2.06 bits per heavy atom. The lowest BCUT2D eigenvalue weighted by Gasteiger charge is -2.11. The van der Waals surface area contributed by atoms with Crippen LogP contribution in [0.3, 0.4) is 0 Å². The molecule has 0 aliphatic heterocycles. The number of nitrogens with one attached hydrogen (secondary N) is 1. The first kappa shape index (κ1) is 24.1. The first-order chi connectivity index (χ1) is 16.9. The number of nitrogens with zero attached hydrogens (tertiary/aromatic N) is 7. The van der Waals surface area contributed by atoms with Crippen LogP contribution in [0.15, 0.2) is 36.8 Å². The summed E-state index contributed by atoms with van der Waals surface area (Å²) in [4.78, 5) is 17.9. The van der Waals surface area contributed by atoms with Gasteiger partial charge in [-0.1, -0.05) is 24.1 Å². The van der Waals surface area contributed by atoms with Gasteiger partial charge < -0.3 is 20.9 Å². The van der Waals surface area contributed by atoms with Crippen LogP contribution in [-0.2, 0) is 11.3 Å². The van der Waals surface area contributed by atoms with Gasteiger partial charge in [-0.2, -0.15) is 14.8 Å². The number of rotatable bonds is 7. The van der Waals surface area contributed by atoms with Crippen LogP contribution in [0.25, 0.3) is 28.0 Å². The van der Waals surface area contributed by atoms with Gasteiger partial charge in [0.1, 0.15) is 0 Å². The molecule has 1 saturated carbocycles. The van der Waals surface area contributed by atoms with Crippen molar-refractivity contribution in [2.75, 3.05) is 19.0 Å². The largest absolute Gasteiger partial charge is 0.465 e. The van der Waals surface area contributed by atoms with Crippen molar-refractivity contribution >= 4 is 23.2 Å². The molecular weight excluding hydrogens is 450 g/mol. The molecule has 0 unspecified atom stereocenters. The standard InChI is InChI=1S/C22H26N8O.CH3NO2/c1-15-11-18(7-8-19(15)16-12-24-29(14-16)9-10-31-2)30-21-20(27-28-30)13-23-22(26-21)25-17-5-3-4-6-17;2-1(3)4/h7-8,11-14,17H,3-6,9-10H2,1-2H3,(H,23,25,26);2H2,(H,3,4). The predicted molar refractivity (Wildman–Crippen MR) is 130 cm³/mol. The average Bonchev–Trinajstić information content (AvgIpc) is 3.58. The van der Waals surface area contributed by atoms with Crippen molar-refractivity contribution in [2.45, 2.75) is 45.2 Å². The predicted octanol–water partition coefficient (Wildman–Crippen LogP) is 3.01. The van der Waals surface area contributed by atoms with Crippen molar-refractivity contribution in [1.82, 2.24) is 34.7 Å². The molecule has 0 spiro atoms. The monoisotopic (exact) mass is 479 g/mol. The molecule has 3 heterocycles. The second-order valence-corrected chi connectivity index (χ2v) is 8.35. The summed E-state index contributed by atoms with van der Waals surface area (Å²) < 4.78 is 8.80. The third kappa shape index (κ3) is 5.90. The van der Waals surface area contributed by atoms with Crippen molar-refractivity contribution in [1.29, 1.82) is 0 Å². The number of hydrogen-bond donors (Lipinski definition) is 3. The van der Waals surface area contributed by atoms with Crippen LogP contribution in [-0.4, -0.2) is 65.7 Å². The lowest BCUT2D eigenvalue weighted by molar-refractivity contribution is 0.183. The van der Waals surface area contributed by atoms with Gasteiger partial charge in [-0.3, -0.25) is 4.68 Å². The highest BCUT2D eigenvalue weighted by atomic mass is 16.5. The Hall–Kier alpha value is -4.06. The topological polar surface area (TPSA) is 159 Å². The zero-order chi connectivity index (χ0) is 24.8. The number of fused-ring (bicyclic) bond motifs is 1. The minimum absolute atomic E-state index is 0.452. The molecule has 0 radical (unpaired) electrons. The molecular formula is C23H29N9O3. The van der Waals surface area contributed by atoms with Crippen LogP contribution >= 0.6 is 0 Å². The summed E-state index contributed by atoms with van der Waals surface area (Å²) in [7, 11) is 1.69. The van der Waals surface area contributed by atoms with Gasteiger partial charge in [-0.15, -0.1) is 5.10 Å². The molecule has 0 bridgehead atoms. The molecule has 1 amide bonds. The number of carbonyl (C=O) groups is 1. The number of anilines is 1. The van der Waals surface area contributed by atoms with E-state index in [1.54, 1.807) is 18.0 Å². The Morgan fingerprint density at radius 1 is 1.29 bits per heavy atom. The van der Waals surface area contributed by atoms with Crippen molar-refractivity contribution in [3.05, 3.63) is 42.4 Å². The van der Waals surface area contributed by atoms with E-state index in [0.29, 0.717) is 29.8 Å². The number of ether oxygens (including phenoxy) is 1. The molecule has 184 valence electrons. The Morgan fingerprint density at radius 3 is 2.77 bits per heavy atom. The minimum Gasteiger partial charge on any atom is -0.465 e. The number of amides is 1. The van der Waals surface area contributed by atoms with Crippen LogP contribution in [0.1, 0.15) is 31.2 Å². The smallest absolute Gasteiger partial charge is 0.402 e. The summed E-state index contributed by atoms with van der Waals surface area (Å²) in [5.74, 6) is 0.639. The van der Waals surface area contributed by atoms with Crippen LogP contribution in [0.4, 0.5) is 10.7 Å². The molecule has 4 N–H and O–H groups in total. The zero-order valence-corrected chi connectivity index (χ0v) is 19.8. The maximum Gasteiger partial charge on any atom is 0.402 e. The van der Waals surface area contributed by atoms with Crippen LogP contribution < -0.4 is 11.1 Å². The highest BCUT2D eigenvalue weighted by Gasteiger charge is 2.17. The number of aromatic nitrogens is 7. The molecule has 1 aliphatic rings. The molecule has 1 fully saturated rings. The van der Waals surface area contributed by atoms with Gasteiger partial charge in [-0.05, 0) is 43.0 Å². The van der Waals surface area contributed by atoms with E-state index in [1.165, 1.54) is 25.7 Å². The SMILES string of the molecule is COCCn1cc(-c2ccc(-n3nnc4cnc(NC5CCCC5)nc43)cc2C)cn1.NC(=O)O. The second-order valence-electron chi connectivity index (χ2n) is 8.35. The van der Waals surface area contributed by atoms with Gasteiger partial charge in [0.25, 0.3) is 0 Å². The zero-order valence-electron chi connectivity index (χ0n) is 19.8. The van der Waals surface area contributed by atoms with Crippen molar-refractivity contribution in [2.24, 2.45) is 5.73 Å². The number of nitrogens with two attached hydrogens (primary N) is 1. The van der Waals surface area contributed by atoms with E-state index in [2.05, 4.69) is 50.5 Å². The molecule has 5 rings (SSSR count). The Labute approximate surface area is 202 Å². The third-order valence-electron chi connectivity index (χ3n) is 5.80. The van der Waals surface area contributed by atoms with Crippen molar-refractivity contribution in [3.63, 3.8) is 0 Å². The van der Waals surface area contributed by atoms with Gasteiger partial charge in [0.05, 0.1) is 31.2 Å². The number of hydrogen-bond acceptors (Lipinski definition) is 8. The Kier molecular flexibility index (Phi) is 7.51. The Balaban J connectivity index is 0.000000672. The first-order valence-corrected chi connectivity index (χ1v) is 11.4. The molecule has 1 aromatic carbocycles. The molecule has 0 saturated heterocycles. The molecule has 12 nitrogen and oxygen atoms in total. The van der Waals surface area contributed by atoms with Crippen molar-refractivity contribution < 1.29 is 14.6 Å². The fourth-order valence-electron chi connectivity index (χ4n) is 4.14. The summed E-state index contributed by atoms with van der Waals surface area (Å²) in [6.45, 7) is 3.46. The van der Waals surface area contributed by atoms with Gasteiger partial charge in [0.2, 0.25) is 5.95 Å². The summed E-state index contributed by atoms with van der Waals surface area (Å²) in [5, 5.41) is 23.6.